The molecule has 0 bridgehead atoms. The Kier molecular flexibility index (Phi) is 5.51. The summed E-state index contributed by atoms with van der Waals surface area (Å²) in [4.78, 5) is 0.853. The quantitative estimate of drug-likeness (QED) is 0.554. The molecule has 0 aliphatic carbocycles. The molecule has 0 N–H and O–H groups in total. The van der Waals surface area contributed by atoms with E-state index >= 15 is 4.39 Å². The lowest BCUT2D eigenvalue weighted by atomic mass is 9.88. The Morgan fingerprint density at radius 1 is 1.11 bits per heavy atom. The fraction of sp³-hybridized carbons (Fsp3) is 0.318. The maximum Gasteiger partial charge on any atom is 0.143 e. The molecule has 4 rings (SSSR count). The fourth-order valence-corrected chi connectivity index (χ4v) is 4.59. The van der Waals surface area contributed by atoms with Crippen LogP contribution < -0.4 is 0 Å². The highest BCUT2D eigenvalue weighted by atomic mass is 32.2. The summed E-state index contributed by atoms with van der Waals surface area (Å²) in [5, 5.41) is 4.17. The van der Waals surface area contributed by atoms with E-state index in [-0.39, 0.29) is 16.9 Å². The molecule has 2 atom stereocenters. The fourth-order valence-electron chi connectivity index (χ4n) is 3.71. The zero-order chi connectivity index (χ0) is 19.7. The molecule has 146 valence electrons. The van der Waals surface area contributed by atoms with Gasteiger partial charge in [-0.15, -0.1) is 0 Å². The van der Waals surface area contributed by atoms with Gasteiger partial charge in [0.25, 0.3) is 0 Å². The summed E-state index contributed by atoms with van der Waals surface area (Å²) in [5.74, 6) is -0.905. The normalized spacial score (nSPS) is 19.7. The highest BCUT2D eigenvalue weighted by molar-refractivity contribution is 7.99. The first-order valence-electron chi connectivity index (χ1n) is 9.38. The summed E-state index contributed by atoms with van der Waals surface area (Å²) in [6.45, 7) is 2.60. The van der Waals surface area contributed by atoms with Crippen LogP contribution in [0.1, 0.15) is 31.2 Å². The van der Waals surface area contributed by atoms with Crippen molar-refractivity contribution in [1.29, 1.82) is 0 Å². The van der Waals surface area contributed by atoms with Crippen LogP contribution in [0.2, 0.25) is 0 Å². The number of hydrogen-bond acceptors (Lipinski definition) is 3. The highest BCUT2D eigenvalue weighted by Crippen LogP contribution is 2.39. The van der Waals surface area contributed by atoms with E-state index in [0.29, 0.717) is 12.2 Å². The molecule has 0 saturated carbocycles. The van der Waals surface area contributed by atoms with Gasteiger partial charge in [-0.3, -0.25) is 4.68 Å². The predicted octanol–water partition coefficient (Wildman–Crippen LogP) is 5.80. The number of benzene rings is 2. The summed E-state index contributed by atoms with van der Waals surface area (Å²) in [6.07, 6.45) is 3.35. The van der Waals surface area contributed by atoms with E-state index in [1.165, 1.54) is 6.07 Å². The summed E-state index contributed by atoms with van der Waals surface area (Å²) in [7, 11) is 1.88. The van der Waals surface area contributed by atoms with Crippen molar-refractivity contribution >= 4 is 11.8 Å². The molecule has 0 radical (unpaired) electrons. The lowest BCUT2D eigenvalue weighted by molar-refractivity contribution is 0.0180. The van der Waals surface area contributed by atoms with E-state index in [1.54, 1.807) is 16.9 Å². The first-order valence-corrected chi connectivity index (χ1v) is 10.2. The largest absolute Gasteiger partial charge is 0.378 e. The Morgan fingerprint density at radius 3 is 2.57 bits per heavy atom. The summed E-state index contributed by atoms with van der Waals surface area (Å²) < 4.78 is 36.9. The van der Waals surface area contributed by atoms with Crippen molar-refractivity contribution < 1.29 is 13.5 Å². The molecule has 0 spiro atoms. The summed E-state index contributed by atoms with van der Waals surface area (Å²) >= 11 is 1.13. The first kappa shape index (κ1) is 19.2. The van der Waals surface area contributed by atoms with Crippen LogP contribution in [0.15, 0.2) is 58.5 Å². The number of aryl methyl sites for hydroxylation is 1. The van der Waals surface area contributed by atoms with Crippen LogP contribution in [0.5, 0.6) is 0 Å². The topological polar surface area (TPSA) is 27.1 Å². The second-order valence-corrected chi connectivity index (χ2v) is 8.23. The lowest BCUT2D eigenvalue weighted by Crippen LogP contribution is -2.22. The highest BCUT2D eigenvalue weighted by Gasteiger charge is 2.26. The van der Waals surface area contributed by atoms with Gasteiger partial charge in [-0.2, -0.15) is 5.10 Å². The lowest BCUT2D eigenvalue weighted by Gasteiger charge is -2.28. The van der Waals surface area contributed by atoms with Crippen LogP contribution in [0.4, 0.5) is 8.78 Å². The number of hydrogen-bond donors (Lipinski definition) is 0. The third kappa shape index (κ3) is 3.84. The van der Waals surface area contributed by atoms with Crippen molar-refractivity contribution in [2.45, 2.75) is 41.6 Å². The number of ether oxygens (including phenoxy) is 1. The molecule has 0 unspecified atom stereocenters. The zero-order valence-corrected chi connectivity index (χ0v) is 16.7. The van der Waals surface area contributed by atoms with Gasteiger partial charge >= 0.3 is 0 Å². The Hall–Kier alpha value is -2.18. The van der Waals surface area contributed by atoms with Crippen LogP contribution in [-0.2, 0) is 11.8 Å². The number of nitrogens with zero attached hydrogens (tertiary/aromatic N) is 2. The van der Waals surface area contributed by atoms with Gasteiger partial charge in [-0.1, -0.05) is 30.0 Å². The van der Waals surface area contributed by atoms with Crippen molar-refractivity contribution in [1.82, 2.24) is 9.78 Å². The number of rotatable bonds is 4. The first-order chi connectivity index (χ1) is 13.5. The van der Waals surface area contributed by atoms with Gasteiger partial charge in [-0.05, 0) is 61.1 Å². The molecule has 6 heteroatoms. The van der Waals surface area contributed by atoms with Crippen molar-refractivity contribution in [3.8, 4) is 11.3 Å². The van der Waals surface area contributed by atoms with Crippen molar-refractivity contribution in [2.75, 3.05) is 6.61 Å². The zero-order valence-electron chi connectivity index (χ0n) is 15.9. The minimum atomic E-state index is -0.526. The molecule has 1 aromatic heterocycles. The second kappa shape index (κ2) is 8.05. The predicted molar refractivity (Wildman–Crippen MR) is 107 cm³/mol. The van der Waals surface area contributed by atoms with Gasteiger partial charge in [0.1, 0.15) is 11.6 Å². The average molecular weight is 400 g/mol. The average Bonchev–Trinajstić information content (AvgIpc) is 3.11. The third-order valence-electron chi connectivity index (χ3n) is 5.19. The molecule has 0 amide bonds. The second-order valence-electron chi connectivity index (χ2n) is 7.15. The van der Waals surface area contributed by atoms with Crippen LogP contribution in [0.25, 0.3) is 11.3 Å². The molecule has 1 fully saturated rings. The van der Waals surface area contributed by atoms with Gasteiger partial charge in [-0.25, -0.2) is 8.78 Å². The molecule has 28 heavy (non-hydrogen) atoms. The third-order valence-corrected chi connectivity index (χ3v) is 6.28. The molecule has 1 aliphatic heterocycles. The van der Waals surface area contributed by atoms with Gasteiger partial charge in [0.05, 0.1) is 16.7 Å². The molecule has 2 aromatic carbocycles. The summed E-state index contributed by atoms with van der Waals surface area (Å²) in [5.41, 5.74) is 2.59. The monoisotopic (exact) mass is 400 g/mol. The van der Waals surface area contributed by atoms with Crippen molar-refractivity contribution in [2.24, 2.45) is 7.05 Å². The standard InChI is InChI=1S/C22H22F2N2OS/c1-14-13-16(10-12-27-14)18-7-8-19(23)22(21(18)24)28-17-5-3-15(4-6-17)20-9-11-25-26(20)2/h3-9,11,14,16H,10,12-13H2,1-2H3/t14-,16+/m0/s1. The molecule has 1 saturated heterocycles. The van der Waals surface area contributed by atoms with Gasteiger partial charge < -0.3 is 4.74 Å². The number of halogens is 2. The van der Waals surface area contributed by atoms with Gasteiger partial charge in [0.15, 0.2) is 0 Å². The Labute approximate surface area is 167 Å². The van der Waals surface area contributed by atoms with E-state index in [0.717, 1.165) is 40.8 Å². The van der Waals surface area contributed by atoms with Crippen LogP contribution in [0.3, 0.4) is 0 Å². The van der Waals surface area contributed by atoms with E-state index in [2.05, 4.69) is 5.10 Å². The van der Waals surface area contributed by atoms with E-state index in [9.17, 15) is 4.39 Å². The Morgan fingerprint density at radius 2 is 1.89 bits per heavy atom. The smallest absolute Gasteiger partial charge is 0.143 e. The molecule has 1 aliphatic rings. The van der Waals surface area contributed by atoms with Crippen molar-refractivity contribution in [3.05, 3.63) is 65.9 Å². The van der Waals surface area contributed by atoms with E-state index in [4.69, 9.17) is 4.74 Å². The minimum absolute atomic E-state index is 0.0601. The summed E-state index contributed by atoms with van der Waals surface area (Å²) in [6, 6.07) is 12.6. The Bertz CT molecular complexity index is 971. The SMILES string of the molecule is C[C@H]1C[C@H](c2ccc(F)c(Sc3ccc(-c4ccnn4C)cc3)c2F)CCO1. The molecule has 2 heterocycles. The maximum absolute atomic E-state index is 15.2. The van der Waals surface area contributed by atoms with Gasteiger partial charge in [0.2, 0.25) is 0 Å². The minimum Gasteiger partial charge on any atom is -0.378 e. The molecular formula is C22H22F2N2OS. The van der Waals surface area contributed by atoms with Crippen LogP contribution in [-0.4, -0.2) is 22.5 Å². The Balaban J connectivity index is 1.59. The molecular weight excluding hydrogens is 378 g/mol. The maximum atomic E-state index is 15.2. The van der Waals surface area contributed by atoms with E-state index < -0.39 is 11.6 Å². The van der Waals surface area contributed by atoms with E-state index in [1.807, 2.05) is 44.3 Å². The van der Waals surface area contributed by atoms with Gasteiger partial charge in [0, 0.05) is 24.7 Å². The van der Waals surface area contributed by atoms with Crippen molar-refractivity contribution in [3.63, 3.8) is 0 Å². The van der Waals surface area contributed by atoms with Crippen LogP contribution in [0, 0.1) is 11.6 Å². The molecule has 3 aromatic rings. The molecule has 3 nitrogen and oxygen atoms in total. The van der Waals surface area contributed by atoms with Crippen LogP contribution >= 0.6 is 11.8 Å². The number of aromatic nitrogens is 2.